The van der Waals surface area contributed by atoms with Gasteiger partial charge in [-0.15, -0.1) is 0 Å². The second-order valence-electron chi connectivity index (χ2n) is 5.01. The van der Waals surface area contributed by atoms with Crippen molar-refractivity contribution in [1.29, 1.82) is 0 Å². The van der Waals surface area contributed by atoms with Gasteiger partial charge in [-0.1, -0.05) is 29.8 Å². The highest BCUT2D eigenvalue weighted by molar-refractivity contribution is 6.35. The van der Waals surface area contributed by atoms with Gasteiger partial charge in [0.05, 0.1) is 12.6 Å². The normalized spacial score (nSPS) is 12.5. The lowest BCUT2D eigenvalue weighted by atomic mass is 10.1. The Kier molecular flexibility index (Phi) is 4.13. The van der Waals surface area contributed by atoms with Crippen LogP contribution in [0.3, 0.4) is 0 Å². The van der Waals surface area contributed by atoms with Crippen LogP contribution in [0, 0.1) is 0 Å². The topological polar surface area (TPSA) is 99.8 Å². The van der Waals surface area contributed by atoms with E-state index in [0.29, 0.717) is 12.2 Å². The summed E-state index contributed by atoms with van der Waals surface area (Å²) in [5.41, 5.74) is 7.84. The molecule has 114 valence electrons. The Hall–Kier alpha value is -2.31. The number of hydrogen-bond acceptors (Lipinski definition) is 5. The van der Waals surface area contributed by atoms with E-state index in [4.69, 9.17) is 17.3 Å². The zero-order valence-electron chi connectivity index (χ0n) is 11.8. The minimum Gasteiger partial charge on any atom is -0.394 e. The third kappa shape index (κ3) is 2.84. The molecule has 0 aliphatic carbocycles. The molecule has 1 unspecified atom stereocenters. The molecule has 3 aromatic rings. The number of nitrogens with one attached hydrogen (secondary N) is 2. The average Bonchev–Trinajstić information content (AvgIpc) is 2.94. The second kappa shape index (κ2) is 6.21. The third-order valence-electron chi connectivity index (χ3n) is 3.52. The summed E-state index contributed by atoms with van der Waals surface area (Å²) in [5, 5.41) is 14.1. The summed E-state index contributed by atoms with van der Waals surface area (Å²) < 4.78 is 0. The third-order valence-corrected chi connectivity index (χ3v) is 3.89. The molecule has 0 radical (unpaired) electrons. The van der Waals surface area contributed by atoms with Gasteiger partial charge in [-0.3, -0.25) is 0 Å². The largest absolute Gasteiger partial charge is 0.394 e. The highest BCUT2D eigenvalue weighted by atomic mass is 35.5. The summed E-state index contributed by atoms with van der Waals surface area (Å²) in [5.74, 6) is 0.635. The minimum atomic E-state index is -0.231. The van der Waals surface area contributed by atoms with Crippen molar-refractivity contribution < 1.29 is 5.11 Å². The van der Waals surface area contributed by atoms with Crippen LogP contribution in [-0.4, -0.2) is 32.7 Å². The molecule has 2 heterocycles. The summed E-state index contributed by atoms with van der Waals surface area (Å²) in [7, 11) is 0. The van der Waals surface area contributed by atoms with Crippen LogP contribution in [0.2, 0.25) is 5.02 Å². The molecule has 0 fully saturated rings. The van der Waals surface area contributed by atoms with E-state index < -0.39 is 0 Å². The van der Waals surface area contributed by atoms with E-state index in [0.717, 1.165) is 16.5 Å². The predicted octanol–water partition coefficient (Wildman–Crippen LogP) is 2.21. The molecule has 0 spiro atoms. The van der Waals surface area contributed by atoms with Gasteiger partial charge in [-0.25, -0.2) is 9.97 Å². The number of aromatic nitrogens is 3. The van der Waals surface area contributed by atoms with E-state index in [1.165, 1.54) is 6.33 Å². The van der Waals surface area contributed by atoms with Crippen molar-refractivity contribution in [1.82, 2.24) is 15.0 Å². The SMILES string of the molecule is Nc1ncnc(NC(CO)Cc2c[nH]c3ccccc23)c1Cl. The van der Waals surface area contributed by atoms with E-state index >= 15 is 0 Å². The molecule has 3 rings (SSSR count). The maximum absolute atomic E-state index is 9.63. The lowest BCUT2D eigenvalue weighted by molar-refractivity contribution is 0.273. The number of para-hydroxylation sites is 1. The number of fused-ring (bicyclic) bond motifs is 1. The Morgan fingerprint density at radius 3 is 2.95 bits per heavy atom. The average molecular weight is 318 g/mol. The van der Waals surface area contributed by atoms with Gasteiger partial charge in [-0.2, -0.15) is 0 Å². The second-order valence-corrected chi connectivity index (χ2v) is 5.39. The van der Waals surface area contributed by atoms with E-state index in [1.54, 1.807) is 0 Å². The fraction of sp³-hybridized carbons (Fsp3) is 0.200. The number of aromatic amines is 1. The maximum atomic E-state index is 9.63. The van der Waals surface area contributed by atoms with Crippen LogP contribution in [0.1, 0.15) is 5.56 Å². The molecular weight excluding hydrogens is 302 g/mol. The van der Waals surface area contributed by atoms with Gasteiger partial charge in [-0.05, 0) is 18.1 Å². The first-order valence-electron chi connectivity index (χ1n) is 6.87. The number of halogens is 1. The number of nitrogen functional groups attached to an aromatic ring is 1. The molecule has 0 aliphatic heterocycles. The van der Waals surface area contributed by atoms with Gasteiger partial charge in [0.1, 0.15) is 17.2 Å². The first-order valence-corrected chi connectivity index (χ1v) is 7.25. The van der Waals surface area contributed by atoms with Gasteiger partial charge in [0, 0.05) is 17.1 Å². The Morgan fingerprint density at radius 1 is 1.32 bits per heavy atom. The number of hydrogen-bond donors (Lipinski definition) is 4. The van der Waals surface area contributed by atoms with Crippen LogP contribution in [0.15, 0.2) is 36.8 Å². The number of aliphatic hydroxyl groups is 1. The molecule has 0 aliphatic rings. The zero-order valence-corrected chi connectivity index (χ0v) is 12.5. The van der Waals surface area contributed by atoms with Crippen LogP contribution >= 0.6 is 11.6 Å². The Labute approximate surface area is 132 Å². The Bertz CT molecular complexity index is 788. The lowest BCUT2D eigenvalue weighted by Gasteiger charge is -2.17. The number of rotatable bonds is 5. The molecular formula is C15H16ClN5O. The minimum absolute atomic E-state index is 0.0558. The van der Waals surface area contributed by atoms with Gasteiger partial charge < -0.3 is 21.1 Å². The van der Waals surface area contributed by atoms with Gasteiger partial charge in [0.2, 0.25) is 0 Å². The summed E-state index contributed by atoms with van der Waals surface area (Å²) in [6, 6.07) is 7.80. The summed E-state index contributed by atoms with van der Waals surface area (Å²) in [4.78, 5) is 11.1. The van der Waals surface area contributed by atoms with Crippen molar-refractivity contribution in [2.45, 2.75) is 12.5 Å². The van der Waals surface area contributed by atoms with Crippen molar-refractivity contribution in [2.24, 2.45) is 0 Å². The lowest BCUT2D eigenvalue weighted by Crippen LogP contribution is -2.27. The smallest absolute Gasteiger partial charge is 0.150 e. The van der Waals surface area contributed by atoms with Crippen molar-refractivity contribution in [3.05, 3.63) is 47.4 Å². The number of nitrogens with zero attached hydrogens (tertiary/aromatic N) is 2. The van der Waals surface area contributed by atoms with Crippen molar-refractivity contribution in [3.63, 3.8) is 0 Å². The van der Waals surface area contributed by atoms with Crippen molar-refractivity contribution in [3.8, 4) is 0 Å². The van der Waals surface area contributed by atoms with Gasteiger partial charge in [0.15, 0.2) is 5.82 Å². The van der Waals surface area contributed by atoms with Crippen LogP contribution in [-0.2, 0) is 6.42 Å². The molecule has 0 amide bonds. The van der Waals surface area contributed by atoms with Gasteiger partial charge >= 0.3 is 0 Å². The molecule has 6 nitrogen and oxygen atoms in total. The van der Waals surface area contributed by atoms with Crippen LogP contribution in [0.25, 0.3) is 10.9 Å². The molecule has 0 bridgehead atoms. The van der Waals surface area contributed by atoms with Crippen LogP contribution in [0.4, 0.5) is 11.6 Å². The quantitative estimate of drug-likeness (QED) is 0.578. The number of benzene rings is 1. The highest BCUT2D eigenvalue weighted by Crippen LogP contribution is 2.25. The zero-order chi connectivity index (χ0) is 15.5. The summed E-state index contributed by atoms with van der Waals surface area (Å²) in [6.45, 7) is -0.0558. The standard InChI is InChI=1S/C15H16ClN5O/c16-13-14(17)19-8-20-15(13)21-10(7-22)5-9-6-18-12-4-2-1-3-11(9)12/h1-4,6,8,10,18,22H,5,7H2,(H3,17,19,20,21). The predicted molar refractivity (Wildman–Crippen MR) is 88.0 cm³/mol. The first-order chi connectivity index (χ1) is 10.7. The van der Waals surface area contributed by atoms with Gasteiger partial charge in [0.25, 0.3) is 0 Å². The number of nitrogens with two attached hydrogens (primary N) is 1. The van der Waals surface area contributed by atoms with Crippen molar-refractivity contribution >= 4 is 34.1 Å². The number of aliphatic hydroxyl groups excluding tert-OH is 1. The van der Waals surface area contributed by atoms with Crippen molar-refractivity contribution in [2.75, 3.05) is 17.7 Å². The fourth-order valence-corrected chi connectivity index (χ4v) is 2.56. The molecule has 1 aromatic carbocycles. The first kappa shape index (κ1) is 14.6. The van der Waals surface area contributed by atoms with Crippen LogP contribution < -0.4 is 11.1 Å². The molecule has 0 saturated carbocycles. The summed E-state index contributed by atoms with van der Waals surface area (Å²) in [6.07, 6.45) is 3.91. The summed E-state index contributed by atoms with van der Waals surface area (Å²) >= 11 is 6.07. The van der Waals surface area contributed by atoms with E-state index in [1.807, 2.05) is 30.5 Å². The monoisotopic (exact) mass is 317 g/mol. The maximum Gasteiger partial charge on any atom is 0.150 e. The molecule has 5 N–H and O–H groups in total. The number of H-pyrrole nitrogens is 1. The Balaban J connectivity index is 1.81. The molecule has 0 saturated heterocycles. The number of anilines is 2. The van der Waals surface area contributed by atoms with E-state index in [2.05, 4.69) is 20.3 Å². The molecule has 7 heteroatoms. The molecule has 2 aromatic heterocycles. The fourth-order valence-electron chi connectivity index (χ4n) is 2.40. The highest BCUT2D eigenvalue weighted by Gasteiger charge is 2.15. The molecule has 22 heavy (non-hydrogen) atoms. The molecule has 1 atom stereocenters. The van der Waals surface area contributed by atoms with Crippen LogP contribution in [0.5, 0.6) is 0 Å². The van der Waals surface area contributed by atoms with E-state index in [-0.39, 0.29) is 23.5 Å². The Morgan fingerprint density at radius 2 is 2.14 bits per heavy atom. The van der Waals surface area contributed by atoms with E-state index in [9.17, 15) is 5.11 Å².